The average Bonchev–Trinajstić information content (AvgIpc) is 3.42. The summed E-state index contributed by atoms with van der Waals surface area (Å²) in [6, 6.07) is 9.37. The maximum absolute atomic E-state index is 2.35. The van der Waals surface area contributed by atoms with Crippen molar-refractivity contribution in [3.8, 4) is 20.9 Å². The third kappa shape index (κ3) is 6.04. The van der Waals surface area contributed by atoms with E-state index < -0.39 is 0 Å². The SMILES string of the molecule is CCCCCCc1ccc(-c2cscc2-c2ccc(CCCCCC)s2)s1. The summed E-state index contributed by atoms with van der Waals surface area (Å²) in [6.07, 6.45) is 13.2. The van der Waals surface area contributed by atoms with Crippen LogP contribution in [-0.2, 0) is 12.8 Å². The van der Waals surface area contributed by atoms with Crippen molar-refractivity contribution in [2.75, 3.05) is 0 Å². The van der Waals surface area contributed by atoms with Gasteiger partial charge in [0, 0.05) is 41.4 Å². The number of aryl methyl sites for hydroxylation is 2. The van der Waals surface area contributed by atoms with Gasteiger partial charge in [-0.3, -0.25) is 0 Å². The minimum absolute atomic E-state index is 1.24. The lowest BCUT2D eigenvalue weighted by atomic mass is 10.1. The topological polar surface area (TPSA) is 0 Å². The number of unbranched alkanes of at least 4 members (excludes halogenated alkanes) is 6. The molecule has 146 valence electrons. The maximum Gasteiger partial charge on any atom is 0.0360 e. The second kappa shape index (κ2) is 11.2. The average molecular weight is 417 g/mol. The smallest absolute Gasteiger partial charge is 0.0360 e. The Balaban J connectivity index is 1.64. The van der Waals surface area contributed by atoms with E-state index in [0.29, 0.717) is 0 Å². The fraction of sp³-hybridized carbons (Fsp3) is 0.500. The Bertz CT molecular complexity index is 725. The van der Waals surface area contributed by atoms with Gasteiger partial charge in [-0.1, -0.05) is 52.4 Å². The summed E-state index contributed by atoms with van der Waals surface area (Å²) in [5.74, 6) is 0. The summed E-state index contributed by atoms with van der Waals surface area (Å²) in [4.78, 5) is 5.96. The molecular weight excluding hydrogens is 384 g/mol. The number of rotatable bonds is 12. The molecule has 3 heterocycles. The molecule has 0 nitrogen and oxygen atoms in total. The van der Waals surface area contributed by atoms with Gasteiger partial charge in [-0.05, 0) is 49.9 Å². The lowest BCUT2D eigenvalue weighted by Crippen LogP contribution is -1.80. The minimum Gasteiger partial charge on any atom is -0.151 e. The third-order valence-electron chi connectivity index (χ3n) is 5.07. The van der Waals surface area contributed by atoms with Crippen LogP contribution in [0.1, 0.15) is 75.0 Å². The van der Waals surface area contributed by atoms with E-state index in [9.17, 15) is 0 Å². The monoisotopic (exact) mass is 416 g/mol. The Labute approximate surface area is 177 Å². The first-order valence-corrected chi connectivity index (χ1v) is 13.1. The highest BCUT2D eigenvalue weighted by Crippen LogP contribution is 2.41. The largest absolute Gasteiger partial charge is 0.151 e. The molecule has 3 rings (SSSR count). The Kier molecular flexibility index (Phi) is 8.63. The van der Waals surface area contributed by atoms with Gasteiger partial charge in [0.2, 0.25) is 0 Å². The van der Waals surface area contributed by atoms with Gasteiger partial charge in [-0.15, -0.1) is 22.7 Å². The van der Waals surface area contributed by atoms with Gasteiger partial charge in [-0.25, -0.2) is 0 Å². The standard InChI is InChI=1S/C24H32S3/c1-3-5-7-9-11-19-13-15-23(26-19)21-17-25-18-22(21)24-16-14-20(27-24)12-10-8-6-4-2/h13-18H,3-12H2,1-2H3. The molecule has 0 radical (unpaired) electrons. The summed E-state index contributed by atoms with van der Waals surface area (Å²) in [6.45, 7) is 4.56. The van der Waals surface area contributed by atoms with Crippen LogP contribution in [0, 0.1) is 0 Å². The zero-order valence-corrected chi connectivity index (χ0v) is 19.2. The Morgan fingerprint density at radius 3 is 1.52 bits per heavy atom. The first-order valence-electron chi connectivity index (χ1n) is 10.6. The summed E-state index contributed by atoms with van der Waals surface area (Å²) in [5, 5.41) is 4.67. The van der Waals surface area contributed by atoms with Crippen LogP contribution in [-0.4, -0.2) is 0 Å². The van der Waals surface area contributed by atoms with E-state index in [4.69, 9.17) is 0 Å². The molecule has 0 atom stereocenters. The van der Waals surface area contributed by atoms with Crippen LogP contribution in [0.3, 0.4) is 0 Å². The molecule has 0 N–H and O–H groups in total. The van der Waals surface area contributed by atoms with Crippen molar-refractivity contribution < 1.29 is 0 Å². The van der Waals surface area contributed by atoms with Crippen molar-refractivity contribution in [1.82, 2.24) is 0 Å². The van der Waals surface area contributed by atoms with Gasteiger partial charge in [0.25, 0.3) is 0 Å². The zero-order chi connectivity index (χ0) is 18.9. The highest BCUT2D eigenvalue weighted by atomic mass is 32.1. The predicted molar refractivity (Wildman–Crippen MR) is 127 cm³/mol. The molecule has 0 aliphatic carbocycles. The molecule has 0 amide bonds. The van der Waals surface area contributed by atoms with E-state index in [0.717, 1.165) is 0 Å². The lowest BCUT2D eigenvalue weighted by Gasteiger charge is -2.00. The van der Waals surface area contributed by atoms with Gasteiger partial charge in [0.1, 0.15) is 0 Å². The molecule has 0 spiro atoms. The predicted octanol–water partition coefficient (Wildman–Crippen LogP) is 9.45. The van der Waals surface area contributed by atoms with Crippen LogP contribution in [0.15, 0.2) is 35.0 Å². The van der Waals surface area contributed by atoms with E-state index in [2.05, 4.69) is 48.9 Å². The molecule has 0 aliphatic rings. The molecule has 0 unspecified atom stereocenters. The quantitative estimate of drug-likeness (QED) is 0.258. The van der Waals surface area contributed by atoms with Crippen molar-refractivity contribution in [3.63, 3.8) is 0 Å². The highest BCUT2D eigenvalue weighted by molar-refractivity contribution is 7.17. The molecule has 0 aliphatic heterocycles. The fourth-order valence-corrected chi connectivity index (χ4v) is 6.60. The van der Waals surface area contributed by atoms with Crippen LogP contribution >= 0.6 is 34.0 Å². The Morgan fingerprint density at radius 2 is 1.07 bits per heavy atom. The molecular formula is C24H32S3. The second-order valence-electron chi connectivity index (χ2n) is 7.35. The summed E-state index contributed by atoms with van der Waals surface area (Å²) >= 11 is 5.83. The summed E-state index contributed by atoms with van der Waals surface area (Å²) in [7, 11) is 0. The molecule has 0 aromatic carbocycles. The lowest BCUT2D eigenvalue weighted by molar-refractivity contribution is 0.670. The van der Waals surface area contributed by atoms with Crippen LogP contribution in [0.5, 0.6) is 0 Å². The first-order chi connectivity index (χ1) is 13.3. The Morgan fingerprint density at radius 1 is 0.593 bits per heavy atom. The van der Waals surface area contributed by atoms with E-state index in [1.165, 1.54) is 85.1 Å². The van der Waals surface area contributed by atoms with Crippen LogP contribution < -0.4 is 0 Å². The van der Waals surface area contributed by atoms with E-state index in [1.807, 2.05) is 34.0 Å². The molecule has 0 saturated heterocycles. The van der Waals surface area contributed by atoms with Gasteiger partial charge < -0.3 is 0 Å². The highest BCUT2D eigenvalue weighted by Gasteiger charge is 2.13. The molecule has 3 aromatic rings. The minimum atomic E-state index is 1.24. The van der Waals surface area contributed by atoms with Crippen molar-refractivity contribution >= 4 is 34.0 Å². The first kappa shape index (κ1) is 20.8. The van der Waals surface area contributed by atoms with E-state index in [-0.39, 0.29) is 0 Å². The molecule has 0 saturated carbocycles. The van der Waals surface area contributed by atoms with Gasteiger partial charge in [0.15, 0.2) is 0 Å². The second-order valence-corrected chi connectivity index (χ2v) is 10.4. The normalized spacial score (nSPS) is 11.3. The number of thiophene rings is 3. The number of hydrogen-bond acceptors (Lipinski definition) is 3. The zero-order valence-electron chi connectivity index (χ0n) is 16.8. The van der Waals surface area contributed by atoms with Gasteiger partial charge in [0.05, 0.1) is 0 Å². The van der Waals surface area contributed by atoms with Crippen LogP contribution in [0.2, 0.25) is 0 Å². The molecule has 3 heteroatoms. The summed E-state index contributed by atoms with van der Waals surface area (Å²) in [5.41, 5.74) is 2.87. The summed E-state index contributed by atoms with van der Waals surface area (Å²) < 4.78 is 0. The van der Waals surface area contributed by atoms with Crippen molar-refractivity contribution in [1.29, 1.82) is 0 Å². The molecule has 0 fully saturated rings. The van der Waals surface area contributed by atoms with E-state index >= 15 is 0 Å². The van der Waals surface area contributed by atoms with Gasteiger partial charge >= 0.3 is 0 Å². The fourth-order valence-electron chi connectivity index (χ4n) is 3.44. The third-order valence-corrected chi connectivity index (χ3v) is 8.17. The van der Waals surface area contributed by atoms with Crippen molar-refractivity contribution in [3.05, 3.63) is 44.8 Å². The van der Waals surface area contributed by atoms with Crippen molar-refractivity contribution in [2.45, 2.75) is 78.1 Å². The molecule has 0 bridgehead atoms. The molecule has 3 aromatic heterocycles. The Hall–Kier alpha value is -0.900. The van der Waals surface area contributed by atoms with Crippen LogP contribution in [0.4, 0.5) is 0 Å². The molecule has 27 heavy (non-hydrogen) atoms. The van der Waals surface area contributed by atoms with Gasteiger partial charge in [-0.2, -0.15) is 11.3 Å². The van der Waals surface area contributed by atoms with Crippen molar-refractivity contribution in [2.24, 2.45) is 0 Å². The maximum atomic E-state index is 2.35. The van der Waals surface area contributed by atoms with E-state index in [1.54, 1.807) is 9.75 Å². The number of hydrogen-bond donors (Lipinski definition) is 0. The van der Waals surface area contributed by atoms with Crippen LogP contribution in [0.25, 0.3) is 20.9 Å².